The molecule has 0 bridgehead atoms. The Balaban J connectivity index is 2.11. The van der Waals surface area contributed by atoms with Gasteiger partial charge in [0.1, 0.15) is 6.04 Å². The number of primary amides is 1. The largest absolute Gasteiger partial charge is 0.368 e. The molecule has 1 fully saturated rings. The third-order valence-electron chi connectivity index (χ3n) is 3.66. The minimum absolute atomic E-state index is 0.225. The average Bonchev–Trinajstić information content (AvgIpc) is 2.88. The summed E-state index contributed by atoms with van der Waals surface area (Å²) in [5.41, 5.74) is 7.52. The molecule has 1 unspecified atom stereocenters. The average molecular weight is 296 g/mol. The lowest BCUT2D eigenvalue weighted by atomic mass is 10.1. The second kappa shape index (κ2) is 6.95. The van der Waals surface area contributed by atoms with Crippen molar-refractivity contribution >= 4 is 23.2 Å². The van der Waals surface area contributed by atoms with E-state index in [-0.39, 0.29) is 11.9 Å². The van der Waals surface area contributed by atoms with E-state index in [1.807, 2.05) is 17.0 Å². The second-order valence-corrected chi connectivity index (χ2v) is 5.62. The monoisotopic (exact) mass is 295 g/mol. The van der Waals surface area contributed by atoms with Crippen LogP contribution in [0.3, 0.4) is 0 Å². The van der Waals surface area contributed by atoms with Crippen molar-refractivity contribution in [2.24, 2.45) is 5.73 Å². The third kappa shape index (κ3) is 3.44. The van der Waals surface area contributed by atoms with E-state index in [2.05, 4.69) is 18.3 Å². The molecule has 1 amide bonds. The van der Waals surface area contributed by atoms with Crippen molar-refractivity contribution < 1.29 is 4.79 Å². The van der Waals surface area contributed by atoms with Gasteiger partial charge in [-0.05, 0) is 43.5 Å². The molecule has 4 nitrogen and oxygen atoms in total. The van der Waals surface area contributed by atoms with Gasteiger partial charge in [0.05, 0.1) is 10.7 Å². The van der Waals surface area contributed by atoms with E-state index in [1.165, 1.54) is 0 Å². The number of hydrogen-bond donors (Lipinski definition) is 2. The van der Waals surface area contributed by atoms with Gasteiger partial charge in [0.2, 0.25) is 5.91 Å². The summed E-state index contributed by atoms with van der Waals surface area (Å²) >= 11 is 6.37. The number of carbonyl (C=O) groups excluding carboxylic acids is 1. The first-order valence-corrected chi connectivity index (χ1v) is 7.56. The van der Waals surface area contributed by atoms with Crippen LogP contribution in [0.1, 0.15) is 31.7 Å². The van der Waals surface area contributed by atoms with Crippen molar-refractivity contribution in [2.45, 2.75) is 38.8 Å². The number of carbonyl (C=O) groups is 1. The molecule has 5 heteroatoms. The molecule has 0 spiro atoms. The Morgan fingerprint density at radius 1 is 1.55 bits per heavy atom. The summed E-state index contributed by atoms with van der Waals surface area (Å²) in [4.78, 5) is 13.5. The van der Waals surface area contributed by atoms with Gasteiger partial charge in [-0.25, -0.2) is 0 Å². The van der Waals surface area contributed by atoms with Gasteiger partial charge in [-0.1, -0.05) is 24.6 Å². The Morgan fingerprint density at radius 3 is 3.00 bits per heavy atom. The van der Waals surface area contributed by atoms with Crippen molar-refractivity contribution in [2.75, 3.05) is 18.0 Å². The van der Waals surface area contributed by atoms with Gasteiger partial charge in [-0.2, -0.15) is 0 Å². The van der Waals surface area contributed by atoms with Gasteiger partial charge < -0.3 is 16.0 Å². The first kappa shape index (κ1) is 15.1. The van der Waals surface area contributed by atoms with Crippen LogP contribution in [0.4, 0.5) is 5.69 Å². The Kier molecular flexibility index (Phi) is 5.26. The van der Waals surface area contributed by atoms with Crippen LogP contribution in [0.5, 0.6) is 0 Å². The van der Waals surface area contributed by atoms with Crippen LogP contribution in [-0.4, -0.2) is 25.0 Å². The van der Waals surface area contributed by atoms with Gasteiger partial charge in [-0.3, -0.25) is 4.79 Å². The molecular weight excluding hydrogens is 274 g/mol. The quantitative estimate of drug-likeness (QED) is 0.792. The van der Waals surface area contributed by atoms with Crippen LogP contribution in [0.25, 0.3) is 0 Å². The van der Waals surface area contributed by atoms with E-state index in [1.54, 1.807) is 0 Å². The van der Waals surface area contributed by atoms with Gasteiger partial charge in [0.25, 0.3) is 0 Å². The van der Waals surface area contributed by atoms with Crippen molar-refractivity contribution in [1.29, 1.82) is 0 Å². The van der Waals surface area contributed by atoms with Crippen LogP contribution >= 0.6 is 11.6 Å². The van der Waals surface area contributed by atoms with Gasteiger partial charge in [0, 0.05) is 13.1 Å². The molecule has 110 valence electrons. The van der Waals surface area contributed by atoms with E-state index < -0.39 is 0 Å². The zero-order valence-corrected chi connectivity index (χ0v) is 12.6. The molecule has 1 aromatic carbocycles. The zero-order chi connectivity index (χ0) is 14.5. The highest BCUT2D eigenvalue weighted by Gasteiger charge is 2.30. The smallest absolute Gasteiger partial charge is 0.240 e. The molecule has 3 N–H and O–H groups in total. The van der Waals surface area contributed by atoms with Crippen LogP contribution in [0, 0.1) is 0 Å². The third-order valence-corrected chi connectivity index (χ3v) is 3.96. The molecule has 0 aliphatic carbocycles. The minimum atomic E-state index is -0.271. The summed E-state index contributed by atoms with van der Waals surface area (Å²) in [5, 5.41) is 4.04. The lowest BCUT2D eigenvalue weighted by molar-refractivity contribution is -0.119. The number of nitrogens with zero attached hydrogens (tertiary/aromatic N) is 1. The van der Waals surface area contributed by atoms with E-state index in [4.69, 9.17) is 17.3 Å². The summed E-state index contributed by atoms with van der Waals surface area (Å²) in [5.74, 6) is -0.271. The number of amides is 1. The summed E-state index contributed by atoms with van der Waals surface area (Å²) in [6.45, 7) is 4.78. The lowest BCUT2D eigenvalue weighted by Gasteiger charge is -2.25. The fraction of sp³-hybridized carbons (Fsp3) is 0.533. The maximum Gasteiger partial charge on any atom is 0.240 e. The molecule has 1 saturated heterocycles. The van der Waals surface area contributed by atoms with E-state index >= 15 is 0 Å². The van der Waals surface area contributed by atoms with Crippen LogP contribution < -0.4 is 16.0 Å². The minimum Gasteiger partial charge on any atom is -0.368 e. The van der Waals surface area contributed by atoms with E-state index in [0.717, 1.165) is 50.1 Å². The number of halogens is 1. The maximum absolute atomic E-state index is 11.5. The number of hydrogen-bond acceptors (Lipinski definition) is 3. The molecular formula is C15H22ClN3O. The van der Waals surface area contributed by atoms with E-state index in [0.29, 0.717) is 5.02 Å². The normalized spacial score (nSPS) is 18.5. The number of nitrogens with one attached hydrogen (secondary N) is 1. The van der Waals surface area contributed by atoms with Gasteiger partial charge in [0.15, 0.2) is 0 Å². The number of rotatable bonds is 6. The molecule has 0 aromatic heterocycles. The Morgan fingerprint density at radius 2 is 2.35 bits per heavy atom. The molecule has 1 aliphatic rings. The molecule has 0 radical (unpaired) electrons. The lowest BCUT2D eigenvalue weighted by Crippen LogP contribution is -2.40. The van der Waals surface area contributed by atoms with Crippen molar-refractivity contribution in [1.82, 2.24) is 5.32 Å². The Bertz CT molecular complexity index is 478. The van der Waals surface area contributed by atoms with Crippen molar-refractivity contribution in [3.63, 3.8) is 0 Å². The van der Waals surface area contributed by atoms with Crippen LogP contribution in [-0.2, 0) is 11.3 Å². The number of anilines is 1. The summed E-state index contributed by atoms with van der Waals surface area (Å²) in [7, 11) is 0. The Hall–Kier alpha value is -1.26. The second-order valence-electron chi connectivity index (χ2n) is 5.22. The highest BCUT2D eigenvalue weighted by atomic mass is 35.5. The number of nitrogens with two attached hydrogens (primary N) is 1. The highest BCUT2D eigenvalue weighted by molar-refractivity contribution is 6.33. The number of benzene rings is 1. The van der Waals surface area contributed by atoms with Gasteiger partial charge in [-0.15, -0.1) is 0 Å². The SMILES string of the molecule is CCCNCc1ccc(N2CCCC2C(N)=O)c(Cl)c1. The van der Waals surface area contributed by atoms with Crippen LogP contribution in [0.2, 0.25) is 5.02 Å². The zero-order valence-electron chi connectivity index (χ0n) is 11.9. The maximum atomic E-state index is 11.5. The fourth-order valence-electron chi connectivity index (χ4n) is 2.65. The summed E-state index contributed by atoms with van der Waals surface area (Å²) < 4.78 is 0. The first-order chi connectivity index (χ1) is 9.63. The molecule has 20 heavy (non-hydrogen) atoms. The fourth-order valence-corrected chi connectivity index (χ4v) is 2.97. The predicted molar refractivity (Wildman–Crippen MR) is 83.0 cm³/mol. The summed E-state index contributed by atoms with van der Waals surface area (Å²) in [6, 6.07) is 5.79. The van der Waals surface area contributed by atoms with Gasteiger partial charge >= 0.3 is 0 Å². The highest BCUT2D eigenvalue weighted by Crippen LogP contribution is 2.32. The van der Waals surface area contributed by atoms with Crippen molar-refractivity contribution in [3.05, 3.63) is 28.8 Å². The molecule has 0 saturated carbocycles. The predicted octanol–water partition coefficient (Wildman–Crippen LogP) is 2.29. The van der Waals surface area contributed by atoms with Crippen LogP contribution in [0.15, 0.2) is 18.2 Å². The molecule has 1 aromatic rings. The Labute approximate surface area is 125 Å². The topological polar surface area (TPSA) is 58.4 Å². The molecule has 1 atom stereocenters. The van der Waals surface area contributed by atoms with E-state index in [9.17, 15) is 4.79 Å². The first-order valence-electron chi connectivity index (χ1n) is 7.18. The van der Waals surface area contributed by atoms with Crippen molar-refractivity contribution in [3.8, 4) is 0 Å². The molecule has 1 aliphatic heterocycles. The summed E-state index contributed by atoms with van der Waals surface area (Å²) in [6.07, 6.45) is 2.90. The molecule has 1 heterocycles. The molecule has 2 rings (SSSR count). The standard InChI is InChI=1S/C15H22ClN3O/c1-2-7-18-10-11-5-6-13(12(16)9-11)19-8-3-4-14(19)15(17)20/h5-6,9,14,18H,2-4,7-8,10H2,1H3,(H2,17,20).